The van der Waals surface area contributed by atoms with Gasteiger partial charge >= 0.3 is 0 Å². The van der Waals surface area contributed by atoms with Gasteiger partial charge in [0.15, 0.2) is 5.76 Å². The van der Waals surface area contributed by atoms with Gasteiger partial charge in [0.05, 0.1) is 5.02 Å². The van der Waals surface area contributed by atoms with Gasteiger partial charge in [-0.3, -0.25) is 4.79 Å². The summed E-state index contributed by atoms with van der Waals surface area (Å²) in [6.45, 7) is 4.07. The summed E-state index contributed by atoms with van der Waals surface area (Å²) in [6.07, 6.45) is 2.17. The van der Waals surface area contributed by atoms with Crippen LogP contribution in [0, 0.1) is 0 Å². The van der Waals surface area contributed by atoms with Gasteiger partial charge < -0.3 is 9.32 Å². The highest BCUT2D eigenvalue weighted by atomic mass is 35.5. The fourth-order valence-corrected chi connectivity index (χ4v) is 2.79. The van der Waals surface area contributed by atoms with E-state index in [0.717, 1.165) is 18.4 Å². The number of halogens is 1. The Morgan fingerprint density at radius 3 is 2.57 bits per heavy atom. The number of carbonyl (C=O) groups excluding carboxylic acids is 1. The minimum absolute atomic E-state index is 0.0363. The molecule has 0 atom stereocenters. The average molecular weight is 304 g/mol. The van der Waals surface area contributed by atoms with Gasteiger partial charge in [0.1, 0.15) is 5.76 Å². The summed E-state index contributed by atoms with van der Waals surface area (Å²) in [7, 11) is 0. The highest BCUT2D eigenvalue weighted by molar-refractivity contribution is 6.33. The summed E-state index contributed by atoms with van der Waals surface area (Å²) >= 11 is 6.17. The van der Waals surface area contributed by atoms with Crippen LogP contribution in [0.2, 0.25) is 5.02 Å². The first-order valence-corrected chi connectivity index (χ1v) is 7.63. The second-order valence-corrected chi connectivity index (χ2v) is 6.09. The number of hydrogen-bond donors (Lipinski definition) is 0. The lowest BCUT2D eigenvalue weighted by Gasteiger charge is -2.25. The van der Waals surface area contributed by atoms with E-state index < -0.39 is 0 Å². The molecule has 1 amide bonds. The lowest BCUT2D eigenvalue weighted by molar-refractivity contribution is 0.0658. The molecule has 0 saturated heterocycles. The molecule has 4 heteroatoms. The number of hydrogen-bond acceptors (Lipinski definition) is 2. The monoisotopic (exact) mass is 303 g/mol. The Bertz CT molecular complexity index is 656. The Kier molecular flexibility index (Phi) is 3.77. The summed E-state index contributed by atoms with van der Waals surface area (Å²) < 4.78 is 5.75. The molecular weight excluding hydrogens is 286 g/mol. The molecule has 0 unspecified atom stereocenters. The van der Waals surface area contributed by atoms with E-state index in [-0.39, 0.29) is 11.9 Å². The molecule has 21 heavy (non-hydrogen) atoms. The number of nitrogens with zero attached hydrogens (tertiary/aromatic N) is 1. The average Bonchev–Trinajstić information content (AvgIpc) is 3.15. The fourth-order valence-electron chi connectivity index (χ4n) is 2.56. The van der Waals surface area contributed by atoms with Crippen LogP contribution in [0.25, 0.3) is 11.3 Å². The molecular formula is C17H18ClNO2. The highest BCUT2D eigenvalue weighted by Crippen LogP contribution is 2.32. The zero-order chi connectivity index (χ0) is 15.0. The maximum Gasteiger partial charge on any atom is 0.290 e. The van der Waals surface area contributed by atoms with E-state index in [0.29, 0.717) is 22.6 Å². The van der Waals surface area contributed by atoms with E-state index in [2.05, 4.69) is 0 Å². The molecule has 0 N–H and O–H groups in total. The van der Waals surface area contributed by atoms with Gasteiger partial charge in [-0.15, -0.1) is 0 Å². The minimum atomic E-state index is -0.0363. The van der Waals surface area contributed by atoms with Crippen LogP contribution in [-0.4, -0.2) is 22.9 Å². The van der Waals surface area contributed by atoms with E-state index in [4.69, 9.17) is 16.0 Å². The number of rotatable bonds is 4. The summed E-state index contributed by atoms with van der Waals surface area (Å²) in [5, 5.41) is 0.619. The largest absolute Gasteiger partial charge is 0.451 e. The van der Waals surface area contributed by atoms with Gasteiger partial charge in [-0.05, 0) is 51.0 Å². The van der Waals surface area contributed by atoms with Crippen LogP contribution >= 0.6 is 11.6 Å². The first kappa shape index (κ1) is 14.2. The summed E-state index contributed by atoms with van der Waals surface area (Å²) in [6, 6.07) is 11.6. The van der Waals surface area contributed by atoms with Gasteiger partial charge in [0.25, 0.3) is 5.91 Å². The molecule has 3 nitrogen and oxygen atoms in total. The Labute approximate surface area is 129 Å². The Morgan fingerprint density at radius 2 is 1.95 bits per heavy atom. The smallest absolute Gasteiger partial charge is 0.290 e. The van der Waals surface area contributed by atoms with Crippen LogP contribution in [0.15, 0.2) is 40.8 Å². The van der Waals surface area contributed by atoms with Gasteiger partial charge in [-0.1, -0.05) is 23.7 Å². The van der Waals surface area contributed by atoms with Crippen molar-refractivity contribution in [2.45, 2.75) is 38.8 Å². The van der Waals surface area contributed by atoms with Gasteiger partial charge in [0.2, 0.25) is 0 Å². The number of furan rings is 1. The zero-order valence-electron chi connectivity index (χ0n) is 12.2. The molecule has 0 aliphatic heterocycles. The van der Waals surface area contributed by atoms with Crippen molar-refractivity contribution in [3.63, 3.8) is 0 Å². The third-order valence-corrected chi connectivity index (χ3v) is 4.02. The molecule has 1 aromatic heterocycles. The molecule has 1 heterocycles. The first-order chi connectivity index (χ1) is 10.1. The molecule has 1 fully saturated rings. The second kappa shape index (κ2) is 5.57. The number of amides is 1. The quantitative estimate of drug-likeness (QED) is 0.826. The van der Waals surface area contributed by atoms with E-state index in [1.165, 1.54) is 0 Å². The number of carbonyl (C=O) groups is 1. The summed E-state index contributed by atoms with van der Waals surface area (Å²) in [4.78, 5) is 14.5. The molecule has 1 saturated carbocycles. The Balaban J connectivity index is 1.88. The van der Waals surface area contributed by atoms with Crippen LogP contribution in [-0.2, 0) is 0 Å². The SMILES string of the molecule is CC(C)N(C(=O)c1ccc(-c2ccccc2Cl)o1)C1CC1. The van der Waals surface area contributed by atoms with Crippen molar-refractivity contribution >= 4 is 17.5 Å². The van der Waals surface area contributed by atoms with Crippen LogP contribution in [0.3, 0.4) is 0 Å². The van der Waals surface area contributed by atoms with E-state index in [1.807, 2.05) is 43.0 Å². The first-order valence-electron chi connectivity index (χ1n) is 7.25. The van der Waals surface area contributed by atoms with Crippen LogP contribution in [0.5, 0.6) is 0 Å². The lowest BCUT2D eigenvalue weighted by Crippen LogP contribution is -2.38. The van der Waals surface area contributed by atoms with E-state index in [9.17, 15) is 4.79 Å². The van der Waals surface area contributed by atoms with Crippen molar-refractivity contribution < 1.29 is 9.21 Å². The van der Waals surface area contributed by atoms with Gasteiger partial charge in [-0.2, -0.15) is 0 Å². The van der Waals surface area contributed by atoms with Crippen molar-refractivity contribution in [2.24, 2.45) is 0 Å². The van der Waals surface area contributed by atoms with Gasteiger partial charge in [0, 0.05) is 17.6 Å². The predicted octanol–water partition coefficient (Wildman–Crippen LogP) is 4.61. The highest BCUT2D eigenvalue weighted by Gasteiger charge is 2.35. The Morgan fingerprint density at radius 1 is 1.24 bits per heavy atom. The van der Waals surface area contributed by atoms with E-state index >= 15 is 0 Å². The second-order valence-electron chi connectivity index (χ2n) is 5.68. The van der Waals surface area contributed by atoms with Gasteiger partial charge in [-0.25, -0.2) is 0 Å². The minimum Gasteiger partial charge on any atom is -0.451 e. The van der Waals surface area contributed by atoms with Crippen LogP contribution < -0.4 is 0 Å². The molecule has 2 aromatic rings. The molecule has 110 valence electrons. The molecule has 3 rings (SSSR count). The van der Waals surface area contributed by atoms with Crippen molar-refractivity contribution in [2.75, 3.05) is 0 Å². The standard InChI is InChI=1S/C17H18ClNO2/c1-11(2)19(12-7-8-12)17(20)16-10-9-15(21-16)13-5-3-4-6-14(13)18/h3-6,9-12H,7-8H2,1-2H3. The van der Waals surface area contributed by atoms with Crippen molar-refractivity contribution in [1.82, 2.24) is 4.90 Å². The summed E-state index contributed by atoms with van der Waals surface area (Å²) in [5.74, 6) is 0.972. The zero-order valence-corrected chi connectivity index (χ0v) is 12.9. The van der Waals surface area contributed by atoms with E-state index in [1.54, 1.807) is 12.1 Å². The molecule has 1 aliphatic carbocycles. The normalized spacial score (nSPS) is 14.5. The van der Waals surface area contributed by atoms with Crippen molar-refractivity contribution in [3.8, 4) is 11.3 Å². The predicted molar refractivity (Wildman–Crippen MR) is 83.5 cm³/mol. The van der Waals surface area contributed by atoms with Crippen molar-refractivity contribution in [1.29, 1.82) is 0 Å². The Hall–Kier alpha value is -1.74. The molecule has 0 spiro atoms. The maximum atomic E-state index is 12.6. The number of benzene rings is 1. The maximum absolute atomic E-state index is 12.6. The third kappa shape index (κ3) is 2.84. The molecule has 1 aromatic carbocycles. The summed E-state index contributed by atoms with van der Waals surface area (Å²) in [5.41, 5.74) is 0.806. The molecule has 0 bridgehead atoms. The van der Waals surface area contributed by atoms with Crippen LogP contribution in [0.1, 0.15) is 37.2 Å². The lowest BCUT2D eigenvalue weighted by atomic mass is 10.2. The topological polar surface area (TPSA) is 33.5 Å². The van der Waals surface area contributed by atoms with Crippen molar-refractivity contribution in [3.05, 3.63) is 47.2 Å². The molecule has 1 aliphatic rings. The van der Waals surface area contributed by atoms with Crippen LogP contribution in [0.4, 0.5) is 0 Å². The fraction of sp³-hybridized carbons (Fsp3) is 0.353. The molecule has 0 radical (unpaired) electrons. The third-order valence-electron chi connectivity index (χ3n) is 3.69.